The van der Waals surface area contributed by atoms with Gasteiger partial charge in [0.2, 0.25) is 0 Å². The number of benzene rings is 1. The molecule has 0 spiro atoms. The Morgan fingerprint density at radius 1 is 1.09 bits per heavy atom. The fourth-order valence-corrected chi connectivity index (χ4v) is 2.28. The maximum Gasteiger partial charge on any atom is 0.291 e. The van der Waals surface area contributed by atoms with Gasteiger partial charge in [-0.3, -0.25) is 9.59 Å². The molecule has 6 nitrogen and oxygen atoms in total. The van der Waals surface area contributed by atoms with Gasteiger partial charge in [-0.15, -0.1) is 0 Å². The molecule has 1 fully saturated rings. The molecule has 2 amide bonds. The first kappa shape index (κ1) is 14.3. The minimum absolute atomic E-state index is 0.0580. The van der Waals surface area contributed by atoms with Gasteiger partial charge in [0.05, 0.1) is 19.5 Å². The number of ether oxygens (including phenoxy) is 1. The first-order valence-corrected chi connectivity index (χ1v) is 7.06. The van der Waals surface area contributed by atoms with Gasteiger partial charge in [0.25, 0.3) is 11.8 Å². The SMILES string of the molecule is O=C(Nc1cccc(C(=O)N2CCOCC2)c1)c1ccco1. The average Bonchev–Trinajstić information content (AvgIpc) is 3.10. The van der Waals surface area contributed by atoms with Crippen LogP contribution in [0, 0.1) is 0 Å². The maximum absolute atomic E-state index is 12.4. The van der Waals surface area contributed by atoms with E-state index in [-0.39, 0.29) is 17.6 Å². The number of nitrogens with one attached hydrogen (secondary N) is 1. The summed E-state index contributed by atoms with van der Waals surface area (Å²) in [4.78, 5) is 26.1. The molecule has 0 aliphatic carbocycles. The van der Waals surface area contributed by atoms with E-state index in [0.717, 1.165) is 0 Å². The Labute approximate surface area is 127 Å². The molecule has 3 rings (SSSR count). The van der Waals surface area contributed by atoms with Crippen LogP contribution in [-0.2, 0) is 4.74 Å². The summed E-state index contributed by atoms with van der Waals surface area (Å²) in [6.45, 7) is 2.28. The first-order chi connectivity index (χ1) is 10.7. The minimum atomic E-state index is -0.346. The lowest BCUT2D eigenvalue weighted by Crippen LogP contribution is -2.40. The number of nitrogens with zero attached hydrogens (tertiary/aromatic N) is 1. The highest BCUT2D eigenvalue weighted by atomic mass is 16.5. The molecule has 0 bridgehead atoms. The molecule has 6 heteroatoms. The van der Waals surface area contributed by atoms with Crippen molar-refractivity contribution in [1.82, 2.24) is 4.90 Å². The van der Waals surface area contributed by atoms with Crippen molar-refractivity contribution in [2.45, 2.75) is 0 Å². The third-order valence-corrected chi connectivity index (χ3v) is 3.41. The Bertz CT molecular complexity index is 661. The number of amides is 2. The van der Waals surface area contributed by atoms with Crippen LogP contribution in [0.1, 0.15) is 20.9 Å². The fraction of sp³-hybridized carbons (Fsp3) is 0.250. The molecule has 1 aromatic carbocycles. The number of hydrogen-bond acceptors (Lipinski definition) is 4. The molecule has 0 saturated carbocycles. The van der Waals surface area contributed by atoms with Crippen molar-refractivity contribution in [3.8, 4) is 0 Å². The van der Waals surface area contributed by atoms with E-state index in [0.29, 0.717) is 37.6 Å². The van der Waals surface area contributed by atoms with Crippen LogP contribution >= 0.6 is 0 Å². The minimum Gasteiger partial charge on any atom is -0.459 e. The third-order valence-electron chi connectivity index (χ3n) is 3.41. The Balaban J connectivity index is 1.72. The van der Waals surface area contributed by atoms with Gasteiger partial charge in [-0.2, -0.15) is 0 Å². The van der Waals surface area contributed by atoms with Crippen LogP contribution in [0.5, 0.6) is 0 Å². The summed E-state index contributed by atoms with van der Waals surface area (Å²) in [5.41, 5.74) is 1.10. The van der Waals surface area contributed by atoms with Crippen LogP contribution in [0.15, 0.2) is 47.1 Å². The zero-order valence-corrected chi connectivity index (χ0v) is 12.0. The highest BCUT2D eigenvalue weighted by Crippen LogP contribution is 2.15. The second-order valence-electron chi connectivity index (χ2n) is 4.92. The van der Waals surface area contributed by atoms with Gasteiger partial charge in [-0.05, 0) is 30.3 Å². The zero-order chi connectivity index (χ0) is 15.4. The lowest BCUT2D eigenvalue weighted by atomic mass is 10.1. The smallest absolute Gasteiger partial charge is 0.291 e. The molecule has 1 aliphatic heterocycles. The van der Waals surface area contributed by atoms with Gasteiger partial charge in [-0.1, -0.05) is 6.07 Å². The predicted octanol–water partition coefficient (Wildman–Crippen LogP) is 2.00. The lowest BCUT2D eigenvalue weighted by molar-refractivity contribution is 0.0303. The van der Waals surface area contributed by atoms with Crippen LogP contribution in [0.2, 0.25) is 0 Å². The molecule has 1 saturated heterocycles. The molecule has 1 aliphatic rings. The van der Waals surface area contributed by atoms with Gasteiger partial charge in [0.15, 0.2) is 5.76 Å². The number of hydrogen-bond donors (Lipinski definition) is 1. The number of anilines is 1. The van der Waals surface area contributed by atoms with E-state index < -0.39 is 0 Å². The van der Waals surface area contributed by atoms with Gasteiger partial charge >= 0.3 is 0 Å². The van der Waals surface area contributed by atoms with E-state index >= 15 is 0 Å². The molecular weight excluding hydrogens is 284 g/mol. The molecule has 1 N–H and O–H groups in total. The monoisotopic (exact) mass is 300 g/mol. The second kappa shape index (κ2) is 6.44. The van der Waals surface area contributed by atoms with Gasteiger partial charge in [-0.25, -0.2) is 0 Å². The molecule has 0 radical (unpaired) electrons. The van der Waals surface area contributed by atoms with E-state index in [1.807, 2.05) is 0 Å². The Morgan fingerprint density at radius 3 is 2.64 bits per heavy atom. The molecule has 0 atom stereocenters. The normalized spacial score (nSPS) is 14.6. The summed E-state index contributed by atoms with van der Waals surface area (Å²) in [5, 5.41) is 2.71. The van der Waals surface area contributed by atoms with E-state index in [1.54, 1.807) is 41.3 Å². The molecule has 114 valence electrons. The standard InChI is InChI=1S/C16H16N2O4/c19-15(14-5-2-8-22-14)17-13-4-1-3-12(11-13)16(20)18-6-9-21-10-7-18/h1-5,8,11H,6-7,9-10H2,(H,17,19). The Morgan fingerprint density at radius 2 is 1.91 bits per heavy atom. The molecular formula is C16H16N2O4. The highest BCUT2D eigenvalue weighted by molar-refractivity contribution is 6.03. The summed E-state index contributed by atoms with van der Waals surface area (Å²) in [7, 11) is 0. The van der Waals surface area contributed by atoms with Crippen molar-refractivity contribution >= 4 is 17.5 Å². The lowest BCUT2D eigenvalue weighted by Gasteiger charge is -2.27. The summed E-state index contributed by atoms with van der Waals surface area (Å²) >= 11 is 0. The van der Waals surface area contributed by atoms with Gasteiger partial charge in [0.1, 0.15) is 0 Å². The van der Waals surface area contributed by atoms with Crippen molar-refractivity contribution < 1.29 is 18.7 Å². The van der Waals surface area contributed by atoms with Crippen LogP contribution < -0.4 is 5.32 Å². The summed E-state index contributed by atoms with van der Waals surface area (Å²) in [6.07, 6.45) is 1.44. The molecule has 2 heterocycles. The van der Waals surface area contributed by atoms with E-state index in [9.17, 15) is 9.59 Å². The van der Waals surface area contributed by atoms with Crippen LogP contribution in [0.25, 0.3) is 0 Å². The highest BCUT2D eigenvalue weighted by Gasteiger charge is 2.19. The average molecular weight is 300 g/mol. The summed E-state index contributed by atoms with van der Waals surface area (Å²) < 4.78 is 10.3. The molecule has 1 aromatic heterocycles. The number of carbonyl (C=O) groups excluding carboxylic acids is 2. The van der Waals surface area contributed by atoms with Crippen molar-refractivity contribution in [2.75, 3.05) is 31.6 Å². The van der Waals surface area contributed by atoms with Crippen LogP contribution in [0.4, 0.5) is 5.69 Å². The van der Waals surface area contributed by atoms with Crippen molar-refractivity contribution in [3.63, 3.8) is 0 Å². The van der Waals surface area contributed by atoms with Gasteiger partial charge < -0.3 is 19.4 Å². The van der Waals surface area contributed by atoms with Gasteiger partial charge in [0, 0.05) is 24.3 Å². The molecule has 0 unspecified atom stereocenters. The first-order valence-electron chi connectivity index (χ1n) is 7.06. The molecule has 2 aromatic rings. The Hall–Kier alpha value is -2.60. The number of morpholine rings is 1. The quantitative estimate of drug-likeness (QED) is 0.941. The van der Waals surface area contributed by atoms with E-state index in [2.05, 4.69) is 5.32 Å². The summed E-state index contributed by atoms with van der Waals surface area (Å²) in [5.74, 6) is -0.178. The largest absolute Gasteiger partial charge is 0.459 e. The van der Waals surface area contributed by atoms with E-state index in [1.165, 1.54) is 6.26 Å². The molecule has 22 heavy (non-hydrogen) atoms. The fourth-order valence-electron chi connectivity index (χ4n) is 2.28. The van der Waals surface area contributed by atoms with Crippen molar-refractivity contribution in [1.29, 1.82) is 0 Å². The van der Waals surface area contributed by atoms with Crippen LogP contribution in [0.3, 0.4) is 0 Å². The Kier molecular flexibility index (Phi) is 4.20. The van der Waals surface area contributed by atoms with E-state index in [4.69, 9.17) is 9.15 Å². The zero-order valence-electron chi connectivity index (χ0n) is 12.0. The van der Waals surface area contributed by atoms with Crippen molar-refractivity contribution in [3.05, 3.63) is 54.0 Å². The second-order valence-corrected chi connectivity index (χ2v) is 4.92. The number of rotatable bonds is 3. The predicted molar refractivity (Wildman–Crippen MR) is 79.8 cm³/mol. The number of furan rings is 1. The van der Waals surface area contributed by atoms with Crippen molar-refractivity contribution in [2.24, 2.45) is 0 Å². The third kappa shape index (κ3) is 3.17. The topological polar surface area (TPSA) is 71.8 Å². The van der Waals surface area contributed by atoms with Crippen LogP contribution in [-0.4, -0.2) is 43.0 Å². The summed E-state index contributed by atoms with van der Waals surface area (Å²) in [6, 6.07) is 10.1. The maximum atomic E-state index is 12.4. The number of carbonyl (C=O) groups is 2.